The summed E-state index contributed by atoms with van der Waals surface area (Å²) >= 11 is 1.11. The number of aliphatic hydroxyl groups excluding tert-OH is 1. The molecular formula is C13H15N2NaO5S. The monoisotopic (exact) mass is 334 g/mol. The van der Waals surface area contributed by atoms with Gasteiger partial charge in [-0.05, 0) is 12.3 Å². The Balaban J connectivity index is 0.00000242. The van der Waals surface area contributed by atoms with Crippen LogP contribution in [0.3, 0.4) is 0 Å². The molecule has 1 saturated heterocycles. The number of carboxylic acids is 1. The number of aliphatic carboxylic acids is 1. The molecule has 1 fully saturated rings. The third-order valence-corrected chi connectivity index (χ3v) is 4.36. The molecule has 2 amide bonds. The summed E-state index contributed by atoms with van der Waals surface area (Å²) in [5.41, 5.74) is -0.139. The van der Waals surface area contributed by atoms with Gasteiger partial charge in [-0.3, -0.25) is 9.59 Å². The number of fused-ring (bicyclic) bond motifs is 1. The minimum Gasteiger partial charge on any atom is -0.543 e. The van der Waals surface area contributed by atoms with Crippen molar-refractivity contribution in [2.75, 3.05) is 0 Å². The van der Waals surface area contributed by atoms with Crippen molar-refractivity contribution in [1.82, 2.24) is 10.2 Å². The molecule has 0 saturated carbocycles. The van der Waals surface area contributed by atoms with Crippen LogP contribution in [0.4, 0.5) is 0 Å². The minimum atomic E-state index is -1.41. The number of aliphatic hydroxyl groups is 1. The number of hydrogen-bond acceptors (Lipinski definition) is 6. The molecule has 2 N–H and O–H groups in total. The zero-order chi connectivity index (χ0) is 15.7. The normalized spacial score (nSPS) is 24.7. The SMILES string of the molecule is CC(=O)N/C=C/SC1=C(C(=O)[O-])N2C(=O)[C@@H]([C@H](C)O)[C@H]2C1.[Na+]. The Morgan fingerprint density at radius 1 is 1.55 bits per heavy atom. The molecule has 0 bridgehead atoms. The Morgan fingerprint density at radius 2 is 2.18 bits per heavy atom. The number of thioether (sulfide) groups is 1. The van der Waals surface area contributed by atoms with Gasteiger partial charge in [0.2, 0.25) is 11.8 Å². The van der Waals surface area contributed by atoms with Gasteiger partial charge in [0.05, 0.1) is 29.7 Å². The third-order valence-electron chi connectivity index (χ3n) is 3.45. The molecule has 0 spiro atoms. The molecule has 22 heavy (non-hydrogen) atoms. The van der Waals surface area contributed by atoms with Gasteiger partial charge < -0.3 is 25.2 Å². The van der Waals surface area contributed by atoms with Crippen molar-refractivity contribution in [2.24, 2.45) is 5.92 Å². The maximum absolute atomic E-state index is 11.9. The third kappa shape index (κ3) is 3.57. The van der Waals surface area contributed by atoms with Crippen LogP contribution in [0.1, 0.15) is 20.3 Å². The van der Waals surface area contributed by atoms with Crippen molar-refractivity contribution in [3.05, 3.63) is 22.2 Å². The molecule has 2 rings (SSSR count). The van der Waals surface area contributed by atoms with Gasteiger partial charge in [-0.15, -0.1) is 0 Å². The predicted molar refractivity (Wildman–Crippen MR) is 73.0 cm³/mol. The molecule has 2 heterocycles. The summed E-state index contributed by atoms with van der Waals surface area (Å²) in [6, 6.07) is -0.331. The summed E-state index contributed by atoms with van der Waals surface area (Å²) in [7, 11) is 0. The van der Waals surface area contributed by atoms with Crippen LogP contribution in [0.5, 0.6) is 0 Å². The summed E-state index contributed by atoms with van der Waals surface area (Å²) in [6.07, 6.45) is 0.942. The van der Waals surface area contributed by atoms with Gasteiger partial charge in [-0.25, -0.2) is 0 Å². The first-order chi connectivity index (χ1) is 9.84. The van der Waals surface area contributed by atoms with Gasteiger partial charge in [0.25, 0.3) is 0 Å². The molecule has 7 nitrogen and oxygen atoms in total. The fourth-order valence-electron chi connectivity index (χ4n) is 2.59. The van der Waals surface area contributed by atoms with E-state index in [9.17, 15) is 24.6 Å². The number of carbonyl (C=O) groups excluding carboxylic acids is 3. The molecule has 0 aromatic rings. The summed E-state index contributed by atoms with van der Waals surface area (Å²) < 4.78 is 0. The maximum Gasteiger partial charge on any atom is 1.00 e. The number of carbonyl (C=O) groups is 3. The van der Waals surface area contributed by atoms with Crippen molar-refractivity contribution < 1.29 is 54.2 Å². The van der Waals surface area contributed by atoms with Gasteiger partial charge in [0.15, 0.2) is 0 Å². The zero-order valence-electron chi connectivity index (χ0n) is 12.5. The largest absolute Gasteiger partial charge is 1.00 e. The van der Waals surface area contributed by atoms with Crippen LogP contribution < -0.4 is 40.0 Å². The van der Waals surface area contributed by atoms with Gasteiger partial charge >= 0.3 is 29.6 Å². The Labute approximate surface area is 154 Å². The van der Waals surface area contributed by atoms with E-state index in [4.69, 9.17) is 0 Å². The molecule has 0 aliphatic carbocycles. The van der Waals surface area contributed by atoms with Crippen molar-refractivity contribution >= 4 is 29.5 Å². The van der Waals surface area contributed by atoms with Crippen molar-refractivity contribution in [1.29, 1.82) is 0 Å². The van der Waals surface area contributed by atoms with Crippen molar-refractivity contribution in [3.8, 4) is 0 Å². The smallest absolute Gasteiger partial charge is 0.543 e. The van der Waals surface area contributed by atoms with E-state index in [0.29, 0.717) is 11.3 Å². The van der Waals surface area contributed by atoms with Crippen LogP contribution in [0.25, 0.3) is 0 Å². The van der Waals surface area contributed by atoms with Gasteiger partial charge in [0.1, 0.15) is 0 Å². The van der Waals surface area contributed by atoms with E-state index in [1.807, 2.05) is 0 Å². The molecule has 0 unspecified atom stereocenters. The Hall–Kier alpha value is -0.800. The number of nitrogens with one attached hydrogen (secondary N) is 1. The Bertz CT molecular complexity index is 561. The van der Waals surface area contributed by atoms with E-state index in [1.165, 1.54) is 30.4 Å². The maximum atomic E-state index is 11.9. The molecule has 0 aromatic heterocycles. The Kier molecular flexibility index (Phi) is 6.69. The molecular weight excluding hydrogens is 319 g/mol. The molecule has 2 aliphatic heterocycles. The first-order valence-electron chi connectivity index (χ1n) is 6.39. The summed E-state index contributed by atoms with van der Waals surface area (Å²) in [4.78, 5) is 35.5. The van der Waals surface area contributed by atoms with E-state index in [2.05, 4.69) is 5.32 Å². The van der Waals surface area contributed by atoms with Gasteiger partial charge in [-0.2, -0.15) is 0 Å². The van der Waals surface area contributed by atoms with E-state index < -0.39 is 23.9 Å². The van der Waals surface area contributed by atoms with Gasteiger partial charge in [-0.1, -0.05) is 11.8 Å². The molecule has 9 heteroatoms. The predicted octanol–water partition coefficient (Wildman–Crippen LogP) is -4.10. The van der Waals surface area contributed by atoms with E-state index in [1.54, 1.807) is 0 Å². The number of β-lactam (4-membered cyclic amide) rings is 1. The second-order valence-electron chi connectivity index (χ2n) is 4.93. The van der Waals surface area contributed by atoms with Crippen molar-refractivity contribution in [2.45, 2.75) is 32.4 Å². The van der Waals surface area contributed by atoms with Gasteiger partial charge in [0, 0.05) is 24.4 Å². The summed E-state index contributed by atoms with van der Waals surface area (Å²) in [6.45, 7) is 2.87. The minimum absolute atomic E-state index is 0. The standard InChI is InChI=1S/C13H16N2O5S.Na/c1-6(16)10-8-5-9(21-4-3-14-7(2)17)11(13(19)20)15(8)12(10)18;/h3-4,6,8,10,16H,5H2,1-2H3,(H,14,17)(H,19,20);/q;+1/p-1/b4-3+;/t6-,8+,10-;/m0./s1. The number of rotatable bonds is 5. The van der Waals surface area contributed by atoms with Crippen LogP contribution >= 0.6 is 11.8 Å². The molecule has 114 valence electrons. The van der Waals surface area contributed by atoms with Crippen LogP contribution in [0.15, 0.2) is 22.2 Å². The Morgan fingerprint density at radius 3 is 2.68 bits per heavy atom. The molecule has 0 aromatic carbocycles. The van der Waals surface area contributed by atoms with Crippen LogP contribution in [-0.2, 0) is 14.4 Å². The van der Waals surface area contributed by atoms with Crippen molar-refractivity contribution in [3.63, 3.8) is 0 Å². The fraction of sp³-hybridized carbons (Fsp3) is 0.462. The van der Waals surface area contributed by atoms with E-state index in [-0.39, 0.29) is 47.2 Å². The summed E-state index contributed by atoms with van der Waals surface area (Å²) in [5.74, 6) is -2.61. The molecule has 2 aliphatic rings. The van der Waals surface area contributed by atoms with Crippen LogP contribution in [0, 0.1) is 5.92 Å². The van der Waals surface area contributed by atoms with E-state index in [0.717, 1.165) is 11.8 Å². The molecule has 3 atom stereocenters. The first-order valence-corrected chi connectivity index (χ1v) is 7.27. The fourth-order valence-corrected chi connectivity index (χ4v) is 3.45. The quantitative estimate of drug-likeness (QED) is 0.391. The van der Waals surface area contributed by atoms with Crippen LogP contribution in [0.2, 0.25) is 0 Å². The number of amides is 2. The second kappa shape index (κ2) is 7.65. The number of nitrogens with zero attached hydrogens (tertiary/aromatic N) is 1. The number of carboxylic acid groups (broad SMARTS) is 1. The van der Waals surface area contributed by atoms with Crippen LogP contribution in [-0.4, -0.2) is 39.9 Å². The average molecular weight is 334 g/mol. The summed E-state index contributed by atoms with van der Waals surface area (Å²) in [5, 5.41) is 24.8. The average Bonchev–Trinajstić information content (AvgIpc) is 2.68. The zero-order valence-corrected chi connectivity index (χ0v) is 15.3. The number of hydrogen-bond donors (Lipinski definition) is 2. The first kappa shape index (κ1) is 19.2. The van der Waals surface area contributed by atoms with E-state index >= 15 is 0 Å². The molecule has 0 radical (unpaired) electrons. The topological polar surface area (TPSA) is 110 Å². The second-order valence-corrected chi connectivity index (χ2v) is 5.93.